The number of rotatable bonds is 5. The van der Waals surface area contributed by atoms with Gasteiger partial charge in [0.1, 0.15) is 0 Å². The molecule has 3 heterocycles. The highest BCUT2D eigenvalue weighted by atomic mass is 32.2. The predicted octanol–water partition coefficient (Wildman–Crippen LogP) is 3.12. The van der Waals surface area contributed by atoms with E-state index in [0.29, 0.717) is 37.0 Å². The number of furan rings is 1. The van der Waals surface area contributed by atoms with Gasteiger partial charge in [-0.25, -0.2) is 8.42 Å². The van der Waals surface area contributed by atoms with Crippen LogP contribution in [0.3, 0.4) is 0 Å². The Hall–Kier alpha value is -2.71. The van der Waals surface area contributed by atoms with Crippen LogP contribution in [0, 0.1) is 0 Å². The van der Waals surface area contributed by atoms with Gasteiger partial charge < -0.3 is 8.94 Å². The third-order valence-electron chi connectivity index (χ3n) is 4.28. The van der Waals surface area contributed by atoms with Crippen LogP contribution in [-0.2, 0) is 10.0 Å². The zero-order chi connectivity index (χ0) is 18.0. The van der Waals surface area contributed by atoms with Crippen molar-refractivity contribution in [3.8, 4) is 11.7 Å². The fourth-order valence-corrected chi connectivity index (χ4v) is 4.13. The second-order valence-corrected chi connectivity index (χ2v) is 7.86. The van der Waals surface area contributed by atoms with Gasteiger partial charge >= 0.3 is 0 Å². The monoisotopic (exact) mass is 371 g/mol. The van der Waals surface area contributed by atoms with E-state index in [1.165, 1.54) is 16.0 Å². The summed E-state index contributed by atoms with van der Waals surface area (Å²) in [6.07, 6.45) is 3.78. The van der Waals surface area contributed by atoms with Crippen molar-refractivity contribution >= 4 is 16.1 Å². The molecule has 0 spiro atoms. The highest BCUT2D eigenvalue weighted by molar-refractivity contribution is 7.92. The standard InChI is InChI=1S/C18H17N3O4S/c22-26(23,12-9-14-5-2-1-3-6-14)21-10-8-15(13-21)17-19-18(25-20-17)16-7-4-11-24-16/h1-7,9,11-12,15H,8,10,13H2/b12-9+/t15-/m0/s1. The Bertz CT molecular complexity index is 994. The quantitative estimate of drug-likeness (QED) is 0.684. The van der Waals surface area contributed by atoms with Gasteiger partial charge in [0.15, 0.2) is 11.6 Å². The van der Waals surface area contributed by atoms with Crippen LogP contribution in [0.25, 0.3) is 17.7 Å². The lowest BCUT2D eigenvalue weighted by atomic mass is 10.1. The molecule has 1 aliphatic heterocycles. The van der Waals surface area contributed by atoms with E-state index in [0.717, 1.165) is 5.56 Å². The molecule has 0 N–H and O–H groups in total. The summed E-state index contributed by atoms with van der Waals surface area (Å²) in [6, 6.07) is 12.8. The van der Waals surface area contributed by atoms with Gasteiger partial charge in [-0.1, -0.05) is 35.5 Å². The molecule has 3 aromatic rings. The van der Waals surface area contributed by atoms with Crippen molar-refractivity contribution in [1.29, 1.82) is 0 Å². The third-order valence-corrected chi connectivity index (χ3v) is 5.81. The molecule has 134 valence electrons. The summed E-state index contributed by atoms with van der Waals surface area (Å²) < 4.78 is 37.0. The summed E-state index contributed by atoms with van der Waals surface area (Å²) in [6.45, 7) is 0.759. The highest BCUT2D eigenvalue weighted by Gasteiger charge is 2.33. The number of benzene rings is 1. The molecule has 4 rings (SSSR count). The van der Waals surface area contributed by atoms with E-state index in [1.807, 2.05) is 30.3 Å². The van der Waals surface area contributed by atoms with Crippen LogP contribution in [0.1, 0.15) is 23.7 Å². The van der Waals surface area contributed by atoms with Gasteiger partial charge in [0.05, 0.1) is 6.26 Å². The Morgan fingerprint density at radius 1 is 1.15 bits per heavy atom. The van der Waals surface area contributed by atoms with Gasteiger partial charge in [0.25, 0.3) is 5.89 Å². The van der Waals surface area contributed by atoms with E-state index in [-0.39, 0.29) is 5.92 Å². The lowest BCUT2D eigenvalue weighted by Crippen LogP contribution is -2.26. The van der Waals surface area contributed by atoms with Gasteiger partial charge in [0.2, 0.25) is 10.0 Å². The topological polar surface area (TPSA) is 89.4 Å². The van der Waals surface area contributed by atoms with Crippen molar-refractivity contribution in [3.63, 3.8) is 0 Å². The van der Waals surface area contributed by atoms with Crippen LogP contribution in [0.15, 0.2) is 63.1 Å². The molecule has 0 aliphatic carbocycles. The molecule has 0 radical (unpaired) electrons. The van der Waals surface area contributed by atoms with E-state index in [4.69, 9.17) is 8.94 Å². The SMILES string of the molecule is O=S(=O)(/C=C/c1ccccc1)N1CC[C@H](c2noc(-c3ccco3)n2)C1. The lowest BCUT2D eigenvalue weighted by Gasteiger charge is -2.12. The third kappa shape index (κ3) is 3.47. The molecule has 1 fully saturated rings. The van der Waals surface area contributed by atoms with E-state index in [9.17, 15) is 8.42 Å². The fraction of sp³-hybridized carbons (Fsp3) is 0.222. The molecule has 0 saturated carbocycles. The Labute approximate surface area is 151 Å². The molecule has 0 unspecified atom stereocenters. The minimum Gasteiger partial charge on any atom is -0.459 e. The zero-order valence-electron chi connectivity index (χ0n) is 13.9. The van der Waals surface area contributed by atoms with E-state index >= 15 is 0 Å². The molecule has 26 heavy (non-hydrogen) atoms. The normalized spacial score (nSPS) is 18.7. The molecule has 1 atom stereocenters. The van der Waals surface area contributed by atoms with Crippen LogP contribution < -0.4 is 0 Å². The number of aromatic nitrogens is 2. The minimum atomic E-state index is -3.49. The Morgan fingerprint density at radius 3 is 2.77 bits per heavy atom. The summed E-state index contributed by atoms with van der Waals surface area (Å²) in [4.78, 5) is 4.33. The first-order valence-corrected chi connectivity index (χ1v) is 9.73. The summed E-state index contributed by atoms with van der Waals surface area (Å²) >= 11 is 0. The van der Waals surface area contributed by atoms with Crippen molar-refractivity contribution in [2.24, 2.45) is 0 Å². The first kappa shape index (κ1) is 16.7. The van der Waals surface area contributed by atoms with Gasteiger partial charge in [-0.2, -0.15) is 9.29 Å². The van der Waals surface area contributed by atoms with E-state index < -0.39 is 10.0 Å². The maximum Gasteiger partial charge on any atom is 0.293 e. The molecule has 8 heteroatoms. The molecular weight excluding hydrogens is 354 g/mol. The first-order valence-electron chi connectivity index (χ1n) is 8.22. The molecule has 2 aromatic heterocycles. The number of sulfonamides is 1. The summed E-state index contributed by atoms with van der Waals surface area (Å²) in [5.74, 6) is 1.20. The molecule has 1 aromatic carbocycles. The Kier molecular flexibility index (Phi) is 4.44. The number of nitrogens with zero attached hydrogens (tertiary/aromatic N) is 3. The summed E-state index contributed by atoms with van der Waals surface area (Å²) in [7, 11) is -3.49. The number of hydrogen-bond donors (Lipinski definition) is 0. The van der Waals surface area contributed by atoms with Crippen LogP contribution in [-0.4, -0.2) is 36.0 Å². The van der Waals surface area contributed by atoms with Crippen LogP contribution >= 0.6 is 0 Å². The van der Waals surface area contributed by atoms with Gasteiger partial charge in [0, 0.05) is 24.4 Å². The van der Waals surface area contributed by atoms with Crippen molar-refractivity contribution < 1.29 is 17.4 Å². The maximum absolute atomic E-state index is 12.5. The number of hydrogen-bond acceptors (Lipinski definition) is 6. The highest BCUT2D eigenvalue weighted by Crippen LogP contribution is 2.29. The lowest BCUT2D eigenvalue weighted by molar-refractivity contribution is 0.403. The Morgan fingerprint density at radius 2 is 2.00 bits per heavy atom. The van der Waals surface area contributed by atoms with E-state index in [2.05, 4.69) is 10.1 Å². The fourth-order valence-electron chi connectivity index (χ4n) is 2.89. The molecule has 0 amide bonds. The van der Waals surface area contributed by atoms with E-state index in [1.54, 1.807) is 18.2 Å². The average Bonchev–Trinajstić information content (AvgIpc) is 3.41. The second-order valence-electron chi connectivity index (χ2n) is 6.04. The van der Waals surface area contributed by atoms with Crippen molar-refractivity contribution in [2.75, 3.05) is 13.1 Å². The van der Waals surface area contributed by atoms with Crippen LogP contribution in [0.5, 0.6) is 0 Å². The Balaban J connectivity index is 1.45. The van der Waals surface area contributed by atoms with Crippen molar-refractivity contribution in [1.82, 2.24) is 14.4 Å². The smallest absolute Gasteiger partial charge is 0.293 e. The molecule has 1 saturated heterocycles. The largest absolute Gasteiger partial charge is 0.459 e. The van der Waals surface area contributed by atoms with Crippen molar-refractivity contribution in [3.05, 3.63) is 65.5 Å². The van der Waals surface area contributed by atoms with Gasteiger partial charge in [-0.05, 0) is 30.2 Å². The van der Waals surface area contributed by atoms with Crippen LogP contribution in [0.4, 0.5) is 0 Å². The molecule has 1 aliphatic rings. The van der Waals surface area contributed by atoms with Gasteiger partial charge in [-0.15, -0.1) is 0 Å². The van der Waals surface area contributed by atoms with Gasteiger partial charge in [-0.3, -0.25) is 0 Å². The maximum atomic E-state index is 12.5. The summed E-state index contributed by atoms with van der Waals surface area (Å²) in [5.41, 5.74) is 0.841. The summed E-state index contributed by atoms with van der Waals surface area (Å²) in [5, 5.41) is 5.22. The molecule has 0 bridgehead atoms. The average molecular weight is 371 g/mol. The van der Waals surface area contributed by atoms with Crippen LogP contribution in [0.2, 0.25) is 0 Å². The zero-order valence-corrected chi connectivity index (χ0v) is 14.7. The molecular formula is C18H17N3O4S. The molecule has 7 nitrogen and oxygen atoms in total. The minimum absolute atomic E-state index is 0.0950. The first-order chi connectivity index (χ1) is 12.6. The van der Waals surface area contributed by atoms with Crippen molar-refractivity contribution in [2.45, 2.75) is 12.3 Å². The predicted molar refractivity (Wildman–Crippen MR) is 95.3 cm³/mol. The second kappa shape index (κ2) is 6.89.